The summed E-state index contributed by atoms with van der Waals surface area (Å²) in [7, 11) is 0. The lowest BCUT2D eigenvalue weighted by molar-refractivity contribution is 0.181. The summed E-state index contributed by atoms with van der Waals surface area (Å²) in [5.41, 5.74) is 2.50. The van der Waals surface area contributed by atoms with Crippen molar-refractivity contribution in [1.82, 2.24) is 4.98 Å². The fourth-order valence-corrected chi connectivity index (χ4v) is 2.06. The predicted molar refractivity (Wildman–Crippen MR) is 51.6 cm³/mol. The molecule has 0 aliphatic heterocycles. The molecular weight excluding hydrogens is 162 g/mol. The molecule has 13 heavy (non-hydrogen) atoms. The van der Waals surface area contributed by atoms with Crippen LogP contribution in [0.25, 0.3) is 0 Å². The Morgan fingerprint density at radius 3 is 2.85 bits per heavy atom. The van der Waals surface area contributed by atoms with E-state index in [0.29, 0.717) is 5.92 Å². The lowest BCUT2D eigenvalue weighted by atomic mass is 9.98. The van der Waals surface area contributed by atoms with Crippen LogP contribution >= 0.6 is 0 Å². The third-order valence-corrected chi connectivity index (χ3v) is 2.77. The number of aryl methyl sites for hydroxylation is 1. The van der Waals surface area contributed by atoms with Gasteiger partial charge in [0.2, 0.25) is 0 Å². The lowest BCUT2D eigenvalue weighted by Crippen LogP contribution is -2.00. The summed E-state index contributed by atoms with van der Waals surface area (Å²) in [4.78, 5) is 4.17. The zero-order valence-corrected chi connectivity index (χ0v) is 7.90. The number of aliphatic hydroxyl groups excluding tert-OH is 1. The van der Waals surface area contributed by atoms with Crippen LogP contribution in [0.2, 0.25) is 0 Å². The number of aromatic nitrogens is 1. The topological polar surface area (TPSA) is 33.1 Å². The average molecular weight is 177 g/mol. The summed E-state index contributed by atoms with van der Waals surface area (Å²) in [6.07, 6.45) is 6.66. The Morgan fingerprint density at radius 1 is 1.38 bits per heavy atom. The van der Waals surface area contributed by atoms with Crippen molar-refractivity contribution in [1.29, 1.82) is 0 Å². The summed E-state index contributed by atoms with van der Waals surface area (Å²) in [5.74, 6) is 0.530. The SMILES string of the molecule is Cc1cncc(C2CCC(O)C2)c1. The molecule has 1 aliphatic rings. The molecule has 1 aromatic rings. The van der Waals surface area contributed by atoms with E-state index in [9.17, 15) is 5.11 Å². The summed E-state index contributed by atoms with van der Waals surface area (Å²) in [6.45, 7) is 2.06. The molecule has 2 unspecified atom stereocenters. The Bertz CT molecular complexity index is 298. The lowest BCUT2D eigenvalue weighted by Gasteiger charge is -2.09. The maximum Gasteiger partial charge on any atom is 0.0546 e. The molecule has 2 rings (SSSR count). The van der Waals surface area contributed by atoms with Crippen LogP contribution in [-0.2, 0) is 0 Å². The monoisotopic (exact) mass is 177 g/mol. The van der Waals surface area contributed by atoms with Crippen molar-refractivity contribution in [3.8, 4) is 0 Å². The Balaban J connectivity index is 2.16. The normalized spacial score (nSPS) is 27.8. The number of rotatable bonds is 1. The number of hydrogen-bond acceptors (Lipinski definition) is 2. The molecule has 0 saturated heterocycles. The molecule has 1 aliphatic carbocycles. The van der Waals surface area contributed by atoms with Gasteiger partial charge in [-0.05, 0) is 43.2 Å². The second-order valence-electron chi connectivity index (χ2n) is 3.96. The van der Waals surface area contributed by atoms with E-state index in [1.807, 2.05) is 12.4 Å². The van der Waals surface area contributed by atoms with Crippen molar-refractivity contribution in [3.05, 3.63) is 29.6 Å². The van der Waals surface area contributed by atoms with Crippen LogP contribution in [0.5, 0.6) is 0 Å². The second kappa shape index (κ2) is 3.46. The van der Waals surface area contributed by atoms with E-state index >= 15 is 0 Å². The Hall–Kier alpha value is -0.890. The summed E-state index contributed by atoms with van der Waals surface area (Å²) < 4.78 is 0. The van der Waals surface area contributed by atoms with Crippen LogP contribution in [0.15, 0.2) is 18.5 Å². The first-order valence-corrected chi connectivity index (χ1v) is 4.85. The molecule has 0 radical (unpaired) electrons. The van der Waals surface area contributed by atoms with Crippen LogP contribution < -0.4 is 0 Å². The molecule has 0 aromatic carbocycles. The fraction of sp³-hybridized carbons (Fsp3) is 0.545. The molecule has 1 N–H and O–H groups in total. The fourth-order valence-electron chi connectivity index (χ4n) is 2.06. The quantitative estimate of drug-likeness (QED) is 0.712. The molecular formula is C11H15NO. The van der Waals surface area contributed by atoms with Crippen molar-refractivity contribution in [2.45, 2.75) is 38.2 Å². The summed E-state index contributed by atoms with van der Waals surface area (Å²) >= 11 is 0. The molecule has 2 nitrogen and oxygen atoms in total. The van der Waals surface area contributed by atoms with Gasteiger partial charge in [0, 0.05) is 12.4 Å². The summed E-state index contributed by atoms with van der Waals surface area (Å²) in [5, 5.41) is 9.41. The first-order valence-electron chi connectivity index (χ1n) is 4.85. The van der Waals surface area contributed by atoms with Gasteiger partial charge in [0.15, 0.2) is 0 Å². The third-order valence-electron chi connectivity index (χ3n) is 2.77. The highest BCUT2D eigenvalue weighted by molar-refractivity contribution is 5.21. The van der Waals surface area contributed by atoms with Crippen molar-refractivity contribution in [2.75, 3.05) is 0 Å². The van der Waals surface area contributed by atoms with E-state index in [4.69, 9.17) is 0 Å². The highest BCUT2D eigenvalue weighted by Crippen LogP contribution is 2.34. The van der Waals surface area contributed by atoms with E-state index in [1.54, 1.807) is 0 Å². The first-order chi connectivity index (χ1) is 6.25. The van der Waals surface area contributed by atoms with Gasteiger partial charge in [0.05, 0.1) is 6.10 Å². The highest BCUT2D eigenvalue weighted by atomic mass is 16.3. The van der Waals surface area contributed by atoms with Gasteiger partial charge in [0.1, 0.15) is 0 Å². The molecule has 1 saturated carbocycles. The van der Waals surface area contributed by atoms with Gasteiger partial charge in [-0.3, -0.25) is 4.98 Å². The van der Waals surface area contributed by atoms with Crippen LogP contribution in [0, 0.1) is 6.92 Å². The van der Waals surface area contributed by atoms with E-state index in [-0.39, 0.29) is 6.10 Å². The zero-order chi connectivity index (χ0) is 9.26. The third kappa shape index (κ3) is 1.89. The molecule has 0 spiro atoms. The van der Waals surface area contributed by atoms with Crippen molar-refractivity contribution >= 4 is 0 Å². The smallest absolute Gasteiger partial charge is 0.0546 e. The van der Waals surface area contributed by atoms with E-state index in [1.165, 1.54) is 11.1 Å². The van der Waals surface area contributed by atoms with Crippen LogP contribution in [-0.4, -0.2) is 16.2 Å². The Labute approximate surface area is 78.6 Å². The largest absolute Gasteiger partial charge is 0.393 e. The van der Waals surface area contributed by atoms with E-state index in [2.05, 4.69) is 18.0 Å². The first kappa shape index (κ1) is 8.70. The van der Waals surface area contributed by atoms with Gasteiger partial charge >= 0.3 is 0 Å². The summed E-state index contributed by atoms with van der Waals surface area (Å²) in [6, 6.07) is 2.18. The number of nitrogens with zero attached hydrogens (tertiary/aromatic N) is 1. The van der Waals surface area contributed by atoms with Gasteiger partial charge in [-0.15, -0.1) is 0 Å². The highest BCUT2D eigenvalue weighted by Gasteiger charge is 2.24. The second-order valence-corrected chi connectivity index (χ2v) is 3.96. The predicted octanol–water partition coefficient (Wildman–Crippen LogP) is 2.02. The van der Waals surface area contributed by atoms with Gasteiger partial charge in [0.25, 0.3) is 0 Å². The molecule has 0 amide bonds. The molecule has 70 valence electrons. The van der Waals surface area contributed by atoms with E-state index in [0.717, 1.165) is 19.3 Å². The van der Waals surface area contributed by atoms with Gasteiger partial charge in [-0.25, -0.2) is 0 Å². The number of pyridine rings is 1. The molecule has 1 fully saturated rings. The maximum atomic E-state index is 9.41. The molecule has 2 atom stereocenters. The van der Waals surface area contributed by atoms with Crippen molar-refractivity contribution in [3.63, 3.8) is 0 Å². The average Bonchev–Trinajstić information content (AvgIpc) is 2.52. The number of hydrogen-bond donors (Lipinski definition) is 1. The van der Waals surface area contributed by atoms with Crippen molar-refractivity contribution in [2.24, 2.45) is 0 Å². The van der Waals surface area contributed by atoms with Crippen LogP contribution in [0.1, 0.15) is 36.3 Å². The molecule has 1 aromatic heterocycles. The number of aliphatic hydroxyl groups is 1. The minimum atomic E-state index is -0.0921. The minimum absolute atomic E-state index is 0.0921. The standard InChI is InChI=1S/C11H15NO/c1-8-4-10(7-12-6-8)9-2-3-11(13)5-9/h4,6-7,9,11,13H,2-3,5H2,1H3. The zero-order valence-electron chi connectivity index (χ0n) is 7.90. The van der Waals surface area contributed by atoms with Gasteiger partial charge in [-0.1, -0.05) is 6.07 Å². The molecule has 2 heteroatoms. The van der Waals surface area contributed by atoms with Gasteiger partial charge in [-0.2, -0.15) is 0 Å². The molecule has 1 heterocycles. The minimum Gasteiger partial charge on any atom is -0.393 e. The Kier molecular flexibility index (Phi) is 2.32. The molecule has 0 bridgehead atoms. The van der Waals surface area contributed by atoms with Gasteiger partial charge < -0.3 is 5.11 Å². The Morgan fingerprint density at radius 2 is 2.23 bits per heavy atom. The van der Waals surface area contributed by atoms with E-state index < -0.39 is 0 Å². The van der Waals surface area contributed by atoms with Crippen LogP contribution in [0.3, 0.4) is 0 Å². The van der Waals surface area contributed by atoms with Crippen molar-refractivity contribution < 1.29 is 5.11 Å². The van der Waals surface area contributed by atoms with Crippen LogP contribution in [0.4, 0.5) is 0 Å². The maximum absolute atomic E-state index is 9.41.